The van der Waals surface area contributed by atoms with Crippen LogP contribution in [-0.2, 0) is 0 Å². The Morgan fingerprint density at radius 1 is 1.29 bits per heavy atom. The van der Waals surface area contributed by atoms with Crippen molar-refractivity contribution in [1.29, 1.82) is 0 Å². The summed E-state index contributed by atoms with van der Waals surface area (Å²) in [6.07, 6.45) is 2.82. The highest BCUT2D eigenvalue weighted by molar-refractivity contribution is 6.02. The number of nitrogens with zero attached hydrogens (tertiary/aromatic N) is 3. The normalized spacial score (nSPS) is 17.6. The van der Waals surface area contributed by atoms with E-state index in [2.05, 4.69) is 15.0 Å². The fourth-order valence-corrected chi connectivity index (χ4v) is 3.20. The highest BCUT2D eigenvalue weighted by Gasteiger charge is 2.26. The fourth-order valence-electron chi connectivity index (χ4n) is 3.20. The van der Waals surface area contributed by atoms with Crippen molar-refractivity contribution in [3.8, 4) is 16.9 Å². The van der Waals surface area contributed by atoms with E-state index in [9.17, 15) is 8.78 Å². The van der Waals surface area contributed by atoms with Crippen LogP contribution in [0.25, 0.3) is 22.2 Å². The number of methoxy groups -OCH3 is 1. The number of ether oxygens (including phenoxy) is 1. The van der Waals surface area contributed by atoms with Crippen molar-refractivity contribution < 1.29 is 13.5 Å². The van der Waals surface area contributed by atoms with E-state index in [1.54, 1.807) is 12.3 Å². The second-order valence-corrected chi connectivity index (χ2v) is 5.80. The first kappa shape index (κ1) is 14.9. The third-order valence-corrected chi connectivity index (χ3v) is 4.33. The van der Waals surface area contributed by atoms with E-state index in [0.29, 0.717) is 42.3 Å². The minimum absolute atomic E-state index is 0.303. The lowest BCUT2D eigenvalue weighted by atomic mass is 10.0. The molecule has 0 spiro atoms. The number of benzene rings is 1. The molecule has 1 N–H and O–H groups in total. The molecule has 5 nitrogen and oxygen atoms in total. The predicted molar refractivity (Wildman–Crippen MR) is 87.6 cm³/mol. The highest BCUT2D eigenvalue weighted by atomic mass is 19.1. The number of hydrogen-bond donors (Lipinski definition) is 1. The van der Waals surface area contributed by atoms with Crippen LogP contribution in [0.15, 0.2) is 30.7 Å². The van der Waals surface area contributed by atoms with Crippen molar-refractivity contribution in [2.75, 3.05) is 25.1 Å². The van der Waals surface area contributed by atoms with Crippen molar-refractivity contribution in [2.24, 2.45) is 0 Å². The van der Waals surface area contributed by atoms with Crippen LogP contribution >= 0.6 is 0 Å². The molecule has 24 heavy (non-hydrogen) atoms. The highest BCUT2D eigenvalue weighted by Crippen LogP contribution is 2.39. The van der Waals surface area contributed by atoms with E-state index in [4.69, 9.17) is 4.74 Å². The molecule has 3 aromatic rings. The number of aromatic amines is 1. The molecular formula is C17H16F2N4O. The predicted octanol–water partition coefficient (Wildman–Crippen LogP) is 3.32. The summed E-state index contributed by atoms with van der Waals surface area (Å²) >= 11 is 0. The summed E-state index contributed by atoms with van der Waals surface area (Å²) in [6.45, 7) is 0.898. The van der Waals surface area contributed by atoms with Crippen LogP contribution in [0.2, 0.25) is 0 Å². The molecule has 1 atom stereocenters. The lowest BCUT2D eigenvalue weighted by Crippen LogP contribution is -2.21. The molecule has 1 saturated heterocycles. The van der Waals surface area contributed by atoms with E-state index in [1.807, 2.05) is 4.90 Å². The van der Waals surface area contributed by atoms with E-state index >= 15 is 0 Å². The van der Waals surface area contributed by atoms with Gasteiger partial charge in [0.05, 0.1) is 19.0 Å². The van der Waals surface area contributed by atoms with Crippen LogP contribution in [0.4, 0.5) is 14.6 Å². The second-order valence-electron chi connectivity index (χ2n) is 5.80. The summed E-state index contributed by atoms with van der Waals surface area (Å²) in [5.41, 5.74) is 1.97. The van der Waals surface area contributed by atoms with Crippen LogP contribution in [0, 0.1) is 5.82 Å². The van der Waals surface area contributed by atoms with E-state index in [1.165, 1.54) is 25.6 Å². The molecule has 1 aliphatic rings. The Balaban J connectivity index is 1.93. The van der Waals surface area contributed by atoms with Gasteiger partial charge in [0.2, 0.25) is 0 Å². The molecule has 1 unspecified atom stereocenters. The van der Waals surface area contributed by atoms with E-state index in [-0.39, 0.29) is 5.82 Å². The zero-order valence-electron chi connectivity index (χ0n) is 13.1. The van der Waals surface area contributed by atoms with Gasteiger partial charge in [0.1, 0.15) is 35.5 Å². The van der Waals surface area contributed by atoms with E-state index in [0.717, 1.165) is 10.9 Å². The van der Waals surface area contributed by atoms with Crippen molar-refractivity contribution in [1.82, 2.24) is 15.0 Å². The summed E-state index contributed by atoms with van der Waals surface area (Å²) in [5.74, 6) is 0.850. The molecular weight excluding hydrogens is 314 g/mol. The lowest BCUT2D eigenvalue weighted by Gasteiger charge is -2.18. The number of nitrogens with one attached hydrogen (secondary N) is 1. The Morgan fingerprint density at radius 2 is 2.17 bits per heavy atom. The first-order chi connectivity index (χ1) is 11.7. The average molecular weight is 330 g/mol. The molecule has 1 aliphatic heterocycles. The quantitative estimate of drug-likeness (QED) is 0.800. The van der Waals surface area contributed by atoms with Crippen LogP contribution in [-0.4, -0.2) is 41.3 Å². The van der Waals surface area contributed by atoms with Gasteiger partial charge in [0.15, 0.2) is 0 Å². The Labute approximate surface area is 137 Å². The van der Waals surface area contributed by atoms with Crippen LogP contribution in [0.5, 0.6) is 5.75 Å². The van der Waals surface area contributed by atoms with Gasteiger partial charge in [0.25, 0.3) is 0 Å². The van der Waals surface area contributed by atoms with Crippen LogP contribution < -0.4 is 9.64 Å². The maximum absolute atomic E-state index is 13.8. The van der Waals surface area contributed by atoms with Gasteiger partial charge in [0, 0.05) is 23.9 Å². The van der Waals surface area contributed by atoms with E-state index < -0.39 is 6.17 Å². The number of H-pyrrole nitrogens is 1. The largest absolute Gasteiger partial charge is 0.496 e. The monoisotopic (exact) mass is 330 g/mol. The van der Waals surface area contributed by atoms with Gasteiger partial charge in [-0.3, -0.25) is 0 Å². The SMILES string of the molecule is COc1ccc(F)cc1-c1c[nH]c2ncnc(N3CCC(F)C3)c12. The van der Waals surface area contributed by atoms with Gasteiger partial charge < -0.3 is 14.6 Å². The third kappa shape index (κ3) is 2.36. The lowest BCUT2D eigenvalue weighted by molar-refractivity contribution is 0.364. The Kier molecular flexibility index (Phi) is 3.55. The van der Waals surface area contributed by atoms with Crippen LogP contribution in [0.1, 0.15) is 6.42 Å². The average Bonchev–Trinajstić information content (AvgIpc) is 3.20. The van der Waals surface area contributed by atoms with Gasteiger partial charge in [-0.25, -0.2) is 18.7 Å². The molecule has 1 aromatic carbocycles. The summed E-state index contributed by atoms with van der Waals surface area (Å²) < 4.78 is 32.7. The minimum atomic E-state index is -0.860. The van der Waals surface area contributed by atoms with Crippen molar-refractivity contribution in [3.05, 3.63) is 36.5 Å². The number of aromatic nitrogens is 3. The number of alkyl halides is 1. The van der Waals surface area contributed by atoms with Gasteiger partial charge in [-0.05, 0) is 24.6 Å². The molecule has 0 bridgehead atoms. The maximum Gasteiger partial charge on any atom is 0.143 e. The first-order valence-corrected chi connectivity index (χ1v) is 7.72. The molecule has 4 rings (SSSR count). The zero-order chi connectivity index (χ0) is 16.7. The fraction of sp³-hybridized carbons (Fsp3) is 0.294. The molecule has 0 amide bonds. The number of hydrogen-bond acceptors (Lipinski definition) is 4. The summed E-state index contributed by atoms with van der Waals surface area (Å²) in [7, 11) is 1.54. The smallest absolute Gasteiger partial charge is 0.143 e. The molecule has 0 radical (unpaired) electrons. The van der Waals surface area contributed by atoms with Gasteiger partial charge >= 0.3 is 0 Å². The Hall–Kier alpha value is -2.70. The number of halogens is 2. The molecule has 2 aromatic heterocycles. The van der Waals surface area contributed by atoms with Crippen molar-refractivity contribution in [2.45, 2.75) is 12.6 Å². The van der Waals surface area contributed by atoms with Crippen molar-refractivity contribution >= 4 is 16.9 Å². The second kappa shape index (κ2) is 5.74. The maximum atomic E-state index is 13.8. The molecule has 3 heterocycles. The van der Waals surface area contributed by atoms with Gasteiger partial charge in [-0.2, -0.15) is 0 Å². The number of rotatable bonds is 3. The molecule has 1 fully saturated rings. The van der Waals surface area contributed by atoms with Gasteiger partial charge in [-0.15, -0.1) is 0 Å². The zero-order valence-corrected chi connectivity index (χ0v) is 13.1. The summed E-state index contributed by atoms with van der Waals surface area (Å²) in [6, 6.07) is 4.35. The molecule has 7 heteroatoms. The van der Waals surface area contributed by atoms with Crippen LogP contribution in [0.3, 0.4) is 0 Å². The number of anilines is 1. The standard InChI is InChI=1S/C17H16F2N4O/c1-24-14-3-2-10(18)6-12(14)13-7-20-16-15(13)17(22-9-21-16)23-5-4-11(19)8-23/h2-3,6-7,9,11H,4-5,8H2,1H3,(H,20,21,22). The van der Waals surface area contributed by atoms with Gasteiger partial charge in [-0.1, -0.05) is 0 Å². The Bertz CT molecular complexity index is 895. The van der Waals surface area contributed by atoms with Crippen molar-refractivity contribution in [3.63, 3.8) is 0 Å². The third-order valence-electron chi connectivity index (χ3n) is 4.33. The summed E-state index contributed by atoms with van der Waals surface area (Å²) in [5, 5.41) is 0.746. The molecule has 0 aliphatic carbocycles. The molecule has 124 valence electrons. The Morgan fingerprint density at radius 3 is 2.92 bits per heavy atom. The first-order valence-electron chi connectivity index (χ1n) is 7.72. The summed E-state index contributed by atoms with van der Waals surface area (Å²) in [4.78, 5) is 13.6. The molecule has 0 saturated carbocycles. The minimum Gasteiger partial charge on any atom is -0.496 e. The number of fused-ring (bicyclic) bond motifs is 1. The topological polar surface area (TPSA) is 54.0 Å².